The fourth-order valence-electron chi connectivity index (χ4n) is 6.37. The number of rotatable bonds is 8. The van der Waals surface area contributed by atoms with Crippen LogP contribution >= 0.6 is 0 Å². The molecule has 1 saturated carbocycles. The van der Waals surface area contributed by atoms with Crippen LogP contribution in [0.4, 0.5) is 15.8 Å². The van der Waals surface area contributed by atoms with Gasteiger partial charge >= 0.3 is 0 Å². The van der Waals surface area contributed by atoms with Crippen molar-refractivity contribution < 1.29 is 9.50 Å². The zero-order chi connectivity index (χ0) is 31.9. The summed E-state index contributed by atoms with van der Waals surface area (Å²) in [6.45, 7) is 3.95. The molecule has 0 amide bonds. The Bertz CT molecular complexity index is 2040. The van der Waals surface area contributed by atoms with E-state index in [1.54, 1.807) is 43.7 Å². The first kappa shape index (κ1) is 29.9. The van der Waals surface area contributed by atoms with Crippen LogP contribution in [-0.4, -0.2) is 57.4 Å². The Kier molecular flexibility index (Phi) is 7.92. The highest BCUT2D eigenvalue weighted by Gasteiger charge is 2.25. The second-order valence-corrected chi connectivity index (χ2v) is 12.4. The van der Waals surface area contributed by atoms with E-state index in [2.05, 4.69) is 33.2 Å². The Morgan fingerprint density at radius 2 is 1.78 bits per heavy atom. The summed E-state index contributed by atoms with van der Waals surface area (Å²) >= 11 is 0. The zero-order valence-corrected chi connectivity index (χ0v) is 26.0. The molecule has 46 heavy (non-hydrogen) atoms. The maximum atomic E-state index is 15.2. The van der Waals surface area contributed by atoms with Gasteiger partial charge in [0.1, 0.15) is 11.5 Å². The van der Waals surface area contributed by atoms with Gasteiger partial charge in [-0.1, -0.05) is 18.2 Å². The predicted octanol–water partition coefficient (Wildman–Crippen LogP) is 4.62. The van der Waals surface area contributed by atoms with Gasteiger partial charge in [-0.05, 0) is 78.7 Å². The van der Waals surface area contributed by atoms with Crippen LogP contribution in [0, 0.1) is 5.82 Å². The zero-order valence-electron chi connectivity index (χ0n) is 26.0. The molecule has 9 nitrogen and oxygen atoms in total. The van der Waals surface area contributed by atoms with Crippen LogP contribution < -0.4 is 21.3 Å². The highest BCUT2D eigenvalue weighted by molar-refractivity contribution is 5.84. The van der Waals surface area contributed by atoms with Crippen molar-refractivity contribution in [1.82, 2.24) is 19.0 Å². The van der Waals surface area contributed by atoms with Crippen LogP contribution in [0.2, 0.25) is 0 Å². The van der Waals surface area contributed by atoms with Crippen molar-refractivity contribution in [1.29, 1.82) is 0 Å². The van der Waals surface area contributed by atoms with Crippen LogP contribution in [0.3, 0.4) is 0 Å². The Labute approximate surface area is 266 Å². The molecule has 0 radical (unpaired) electrons. The van der Waals surface area contributed by atoms with Crippen molar-refractivity contribution in [3.05, 3.63) is 117 Å². The third kappa shape index (κ3) is 5.70. The fraction of sp³-hybridized carbons (Fsp3) is 0.306. The number of aryl methyl sites for hydroxylation is 1. The minimum Gasteiger partial charge on any atom is -0.392 e. The topological polar surface area (TPSA) is 95.6 Å². The van der Waals surface area contributed by atoms with Crippen LogP contribution in [-0.2, 0) is 20.2 Å². The number of piperazine rings is 1. The van der Waals surface area contributed by atoms with E-state index in [1.807, 2.05) is 24.4 Å². The number of halogens is 1. The van der Waals surface area contributed by atoms with Gasteiger partial charge in [-0.3, -0.25) is 19.1 Å². The van der Waals surface area contributed by atoms with E-state index in [4.69, 9.17) is 0 Å². The van der Waals surface area contributed by atoms with Crippen molar-refractivity contribution >= 4 is 22.1 Å². The molecule has 2 aromatic carbocycles. The Morgan fingerprint density at radius 3 is 2.50 bits per heavy atom. The highest BCUT2D eigenvalue weighted by atomic mass is 19.1. The summed E-state index contributed by atoms with van der Waals surface area (Å²) in [6, 6.07) is 16.3. The molecule has 1 saturated heterocycles. The number of hydrogen-bond acceptors (Lipinski definition) is 7. The van der Waals surface area contributed by atoms with E-state index in [0.717, 1.165) is 56.0 Å². The number of aliphatic hydroxyl groups is 1. The van der Waals surface area contributed by atoms with Crippen LogP contribution in [0.5, 0.6) is 0 Å². The van der Waals surface area contributed by atoms with Gasteiger partial charge in [0.15, 0.2) is 0 Å². The lowest BCUT2D eigenvalue weighted by molar-refractivity contribution is 0.282. The van der Waals surface area contributed by atoms with E-state index < -0.39 is 11.4 Å². The maximum Gasteiger partial charge on any atom is 0.273 e. The Morgan fingerprint density at radius 1 is 0.978 bits per heavy atom. The molecule has 1 aliphatic carbocycles. The van der Waals surface area contributed by atoms with E-state index in [0.29, 0.717) is 45.9 Å². The van der Waals surface area contributed by atoms with Gasteiger partial charge < -0.3 is 24.8 Å². The van der Waals surface area contributed by atoms with Gasteiger partial charge in [0.25, 0.3) is 11.1 Å². The average molecular weight is 621 g/mol. The van der Waals surface area contributed by atoms with Crippen LogP contribution in [0.25, 0.3) is 27.6 Å². The minimum atomic E-state index is -0.530. The molecular formula is C36H37FN6O3. The SMILES string of the molecule is CN1CCN(c2ccc(CNc3cc(-c4cccc(-n5ccc6cc(C7CC7)cc(F)c6c5=O)c4CO)cn(C)c3=O)nc2)CC1. The summed E-state index contributed by atoms with van der Waals surface area (Å²) in [6.07, 6.45) is 7.30. The number of aromatic nitrogens is 3. The number of anilines is 2. The van der Waals surface area contributed by atoms with E-state index in [9.17, 15) is 14.7 Å². The molecule has 0 atom stereocenters. The summed E-state index contributed by atoms with van der Waals surface area (Å²) in [4.78, 5) is 36.0. The molecule has 2 fully saturated rings. The first-order valence-electron chi connectivity index (χ1n) is 15.7. The second kappa shape index (κ2) is 12.2. The number of likely N-dealkylation sites (N-methyl/N-ethyl adjacent to an activating group) is 1. The summed E-state index contributed by atoms with van der Waals surface area (Å²) < 4.78 is 18.1. The summed E-state index contributed by atoms with van der Waals surface area (Å²) in [5.41, 5.74) is 4.79. The van der Waals surface area contributed by atoms with Crippen LogP contribution in [0.15, 0.2) is 82.8 Å². The molecule has 2 N–H and O–H groups in total. The molecule has 0 unspecified atom stereocenters. The molecule has 3 aromatic heterocycles. The largest absolute Gasteiger partial charge is 0.392 e. The maximum absolute atomic E-state index is 15.2. The van der Waals surface area contributed by atoms with Gasteiger partial charge in [0, 0.05) is 56.7 Å². The Hall–Kier alpha value is -4.80. The molecule has 1 aliphatic heterocycles. The molecule has 0 bridgehead atoms. The first-order chi connectivity index (χ1) is 22.3. The van der Waals surface area contributed by atoms with Crippen molar-refractivity contribution in [3.8, 4) is 16.8 Å². The molecule has 236 valence electrons. The van der Waals surface area contributed by atoms with Crippen molar-refractivity contribution in [2.45, 2.75) is 31.9 Å². The van der Waals surface area contributed by atoms with Crippen molar-refractivity contribution in [3.63, 3.8) is 0 Å². The quantitative estimate of drug-likeness (QED) is 0.261. The smallest absolute Gasteiger partial charge is 0.273 e. The number of benzene rings is 2. The lowest BCUT2D eigenvalue weighted by Gasteiger charge is -2.33. The lowest BCUT2D eigenvalue weighted by Crippen LogP contribution is -2.44. The fourth-order valence-corrected chi connectivity index (χ4v) is 6.37. The second-order valence-electron chi connectivity index (χ2n) is 12.4. The summed E-state index contributed by atoms with van der Waals surface area (Å²) in [5.74, 6) is -0.165. The van der Waals surface area contributed by atoms with E-state index in [1.165, 1.54) is 15.2 Å². The number of nitrogens with zero attached hydrogens (tertiary/aromatic N) is 5. The normalized spacial score (nSPS) is 15.4. The van der Waals surface area contributed by atoms with Gasteiger partial charge in [0.2, 0.25) is 0 Å². The standard InChI is InChI=1S/C36H37FN6O3/c1-40-12-14-42(15-13-40)28-9-8-27(38-20-28)19-39-32-18-26(21-41(2)35(32)45)29-4-3-5-33(30(29)22-44)43-11-10-24-16-25(23-6-7-23)17-31(37)34(24)36(43)46/h3-5,8-11,16-18,20-21,23,39,44H,6-7,12-15,19,22H2,1-2H3. The molecule has 5 aromatic rings. The average Bonchev–Trinajstić information content (AvgIpc) is 3.92. The third-order valence-electron chi connectivity index (χ3n) is 9.23. The van der Waals surface area contributed by atoms with E-state index >= 15 is 4.39 Å². The number of pyridine rings is 3. The van der Waals surface area contributed by atoms with E-state index in [-0.39, 0.29) is 17.6 Å². The molecular weight excluding hydrogens is 583 g/mol. The molecule has 2 aliphatic rings. The van der Waals surface area contributed by atoms with Crippen molar-refractivity contribution in [2.75, 3.05) is 43.4 Å². The number of aliphatic hydroxyl groups excluding tert-OH is 1. The van der Waals surface area contributed by atoms with Gasteiger partial charge in [-0.15, -0.1) is 0 Å². The molecule has 4 heterocycles. The van der Waals surface area contributed by atoms with Gasteiger partial charge in [0.05, 0.1) is 41.8 Å². The molecule has 0 spiro atoms. The molecule has 10 heteroatoms. The molecule has 7 rings (SSSR count). The lowest BCUT2D eigenvalue weighted by atomic mass is 9.98. The number of fused-ring (bicyclic) bond motifs is 1. The van der Waals surface area contributed by atoms with Crippen molar-refractivity contribution in [2.24, 2.45) is 7.05 Å². The summed E-state index contributed by atoms with van der Waals surface area (Å²) in [7, 11) is 3.80. The van der Waals surface area contributed by atoms with Crippen LogP contribution in [0.1, 0.15) is 35.6 Å². The number of nitrogens with one attached hydrogen (secondary N) is 1. The third-order valence-corrected chi connectivity index (χ3v) is 9.23. The van der Waals surface area contributed by atoms with Gasteiger partial charge in [-0.2, -0.15) is 0 Å². The number of hydrogen-bond donors (Lipinski definition) is 2. The predicted molar refractivity (Wildman–Crippen MR) is 179 cm³/mol. The minimum absolute atomic E-state index is 0.0277. The highest BCUT2D eigenvalue weighted by Crippen LogP contribution is 2.41. The summed E-state index contributed by atoms with van der Waals surface area (Å²) in [5, 5.41) is 14.4. The monoisotopic (exact) mass is 620 g/mol. The van der Waals surface area contributed by atoms with Gasteiger partial charge in [-0.25, -0.2) is 4.39 Å². The first-order valence-corrected chi connectivity index (χ1v) is 15.7. The Balaban J connectivity index is 1.18.